The Kier molecular flexibility index (Phi) is 6.29. The van der Waals surface area contributed by atoms with E-state index in [0.29, 0.717) is 22.9 Å². The predicted octanol–water partition coefficient (Wildman–Crippen LogP) is 4.30. The van der Waals surface area contributed by atoms with Gasteiger partial charge in [0.05, 0.1) is 17.1 Å². The minimum absolute atomic E-state index is 0.135. The van der Waals surface area contributed by atoms with Crippen LogP contribution < -0.4 is 19.1 Å². The van der Waals surface area contributed by atoms with E-state index in [0.717, 1.165) is 11.1 Å². The molecule has 8 heteroatoms. The summed E-state index contributed by atoms with van der Waals surface area (Å²) in [5.74, 6) is 0.894. The second kappa shape index (κ2) is 9.15. The molecule has 0 bridgehead atoms. The van der Waals surface area contributed by atoms with Gasteiger partial charge < -0.3 is 14.8 Å². The monoisotopic (exact) mass is 466 g/mol. The summed E-state index contributed by atoms with van der Waals surface area (Å²) in [7, 11) is -3.79. The molecule has 0 saturated carbocycles. The van der Waals surface area contributed by atoms with Gasteiger partial charge in [0.1, 0.15) is 17.6 Å². The number of nitrogens with zero attached hydrogens (tertiary/aromatic N) is 1. The minimum atomic E-state index is -3.79. The number of ether oxygens (including phenoxy) is 2. The molecule has 172 valence electrons. The number of anilines is 2. The molecule has 3 aromatic carbocycles. The topological polar surface area (TPSA) is 84.9 Å². The van der Waals surface area contributed by atoms with Crippen molar-refractivity contribution in [2.75, 3.05) is 22.8 Å². The molecule has 0 saturated heterocycles. The lowest BCUT2D eigenvalue weighted by atomic mass is 10.1. The van der Waals surface area contributed by atoms with Gasteiger partial charge in [0.15, 0.2) is 6.61 Å². The highest BCUT2D eigenvalue weighted by molar-refractivity contribution is 7.92. The van der Waals surface area contributed by atoms with E-state index in [1.165, 1.54) is 16.4 Å². The molecule has 0 fully saturated rings. The summed E-state index contributed by atoms with van der Waals surface area (Å²) in [4.78, 5) is 12.5. The number of carbonyl (C=O) groups is 1. The van der Waals surface area contributed by atoms with Crippen molar-refractivity contribution in [2.24, 2.45) is 0 Å². The highest BCUT2D eigenvalue weighted by Crippen LogP contribution is 2.36. The van der Waals surface area contributed by atoms with Crippen LogP contribution >= 0.6 is 0 Å². The summed E-state index contributed by atoms with van der Waals surface area (Å²) in [6.45, 7) is 5.75. The second-order valence-corrected chi connectivity index (χ2v) is 9.88. The van der Waals surface area contributed by atoms with Crippen LogP contribution in [0.25, 0.3) is 0 Å². The van der Waals surface area contributed by atoms with Gasteiger partial charge in [-0.25, -0.2) is 8.42 Å². The fourth-order valence-electron chi connectivity index (χ4n) is 3.78. The Hall–Kier alpha value is -3.52. The van der Waals surface area contributed by atoms with Gasteiger partial charge in [-0.2, -0.15) is 0 Å². The van der Waals surface area contributed by atoms with Crippen LogP contribution in [0.5, 0.6) is 11.5 Å². The van der Waals surface area contributed by atoms with Crippen LogP contribution in [0.3, 0.4) is 0 Å². The third-order valence-electron chi connectivity index (χ3n) is 5.37. The largest absolute Gasteiger partial charge is 0.487 e. The van der Waals surface area contributed by atoms with E-state index >= 15 is 0 Å². The number of nitrogens with one attached hydrogen (secondary N) is 1. The van der Waals surface area contributed by atoms with Gasteiger partial charge in [-0.05, 0) is 68.3 Å². The first-order chi connectivity index (χ1) is 15.8. The molecule has 1 heterocycles. The molecule has 3 aromatic rings. The van der Waals surface area contributed by atoms with Gasteiger partial charge in [0.2, 0.25) is 0 Å². The molecule has 33 heavy (non-hydrogen) atoms. The Labute approximate surface area is 194 Å². The maximum atomic E-state index is 13.3. The van der Waals surface area contributed by atoms with Gasteiger partial charge >= 0.3 is 0 Å². The minimum Gasteiger partial charge on any atom is -0.487 e. The van der Waals surface area contributed by atoms with Crippen LogP contribution in [0.1, 0.15) is 18.1 Å². The molecule has 1 N–H and O–H groups in total. The van der Waals surface area contributed by atoms with E-state index in [1.807, 2.05) is 45.0 Å². The van der Waals surface area contributed by atoms with Crippen molar-refractivity contribution in [3.05, 3.63) is 77.9 Å². The number of rotatable bonds is 6. The van der Waals surface area contributed by atoms with Crippen molar-refractivity contribution in [3.63, 3.8) is 0 Å². The maximum absolute atomic E-state index is 13.3. The zero-order valence-electron chi connectivity index (χ0n) is 18.7. The van der Waals surface area contributed by atoms with Gasteiger partial charge in [-0.15, -0.1) is 0 Å². The highest BCUT2D eigenvalue weighted by Gasteiger charge is 2.32. The second-order valence-electron chi connectivity index (χ2n) is 8.01. The van der Waals surface area contributed by atoms with Crippen molar-refractivity contribution in [1.82, 2.24) is 0 Å². The molecule has 4 rings (SSSR count). The van der Waals surface area contributed by atoms with E-state index in [9.17, 15) is 13.2 Å². The summed E-state index contributed by atoms with van der Waals surface area (Å²) in [5, 5.41) is 2.74. The van der Waals surface area contributed by atoms with Crippen molar-refractivity contribution in [3.8, 4) is 11.5 Å². The third kappa shape index (κ3) is 4.80. The van der Waals surface area contributed by atoms with Crippen LogP contribution in [0.2, 0.25) is 0 Å². The number of fused-ring (bicyclic) bond motifs is 1. The predicted molar refractivity (Wildman–Crippen MR) is 128 cm³/mol. The lowest BCUT2D eigenvalue weighted by Crippen LogP contribution is -2.42. The number of amides is 1. The summed E-state index contributed by atoms with van der Waals surface area (Å²) >= 11 is 0. The number of benzene rings is 3. The molecule has 1 amide bonds. The Bertz CT molecular complexity index is 1250. The van der Waals surface area contributed by atoms with E-state index in [4.69, 9.17) is 9.47 Å². The first-order valence-corrected chi connectivity index (χ1v) is 12.1. The zero-order valence-corrected chi connectivity index (χ0v) is 19.6. The molecule has 1 aliphatic rings. The van der Waals surface area contributed by atoms with Crippen LogP contribution in [-0.2, 0) is 14.8 Å². The van der Waals surface area contributed by atoms with Crippen molar-refractivity contribution in [1.29, 1.82) is 0 Å². The summed E-state index contributed by atoms with van der Waals surface area (Å²) in [6.07, 6.45) is -0.273. The average molecular weight is 467 g/mol. The van der Waals surface area contributed by atoms with Gasteiger partial charge in [0, 0.05) is 5.69 Å². The molecule has 1 atom stereocenters. The van der Waals surface area contributed by atoms with E-state index in [-0.39, 0.29) is 30.1 Å². The first kappa shape index (κ1) is 22.7. The number of hydrogen-bond acceptors (Lipinski definition) is 5. The number of aryl methyl sites for hydroxylation is 2. The van der Waals surface area contributed by atoms with Crippen molar-refractivity contribution in [2.45, 2.75) is 31.8 Å². The van der Waals surface area contributed by atoms with Crippen LogP contribution in [0.4, 0.5) is 11.4 Å². The number of hydrogen-bond donors (Lipinski definition) is 1. The van der Waals surface area contributed by atoms with E-state index in [1.54, 1.807) is 30.3 Å². The molecule has 0 radical (unpaired) electrons. The fourth-order valence-corrected chi connectivity index (χ4v) is 5.33. The Morgan fingerprint density at radius 1 is 1.03 bits per heavy atom. The molecule has 0 aromatic heterocycles. The molecular formula is C25H26N2O5S. The van der Waals surface area contributed by atoms with Crippen LogP contribution in [-0.4, -0.2) is 33.6 Å². The molecule has 0 unspecified atom stereocenters. The van der Waals surface area contributed by atoms with E-state index < -0.39 is 10.0 Å². The summed E-state index contributed by atoms with van der Waals surface area (Å²) in [6, 6.07) is 19.0. The third-order valence-corrected chi connectivity index (χ3v) is 7.16. The van der Waals surface area contributed by atoms with Gasteiger partial charge in [0.25, 0.3) is 15.9 Å². The fraction of sp³-hybridized carbons (Fsp3) is 0.240. The number of carbonyl (C=O) groups excluding carboxylic acids is 1. The van der Waals surface area contributed by atoms with E-state index in [2.05, 4.69) is 5.32 Å². The quantitative estimate of drug-likeness (QED) is 0.586. The Morgan fingerprint density at radius 3 is 2.39 bits per heavy atom. The number of para-hydroxylation sites is 3. The smallest absolute Gasteiger partial charge is 0.264 e. The summed E-state index contributed by atoms with van der Waals surface area (Å²) < 4.78 is 39.4. The first-order valence-electron chi connectivity index (χ1n) is 10.6. The Balaban J connectivity index is 1.45. The highest BCUT2D eigenvalue weighted by atomic mass is 32.2. The molecule has 0 aliphatic carbocycles. The van der Waals surface area contributed by atoms with Crippen molar-refractivity contribution < 1.29 is 22.7 Å². The maximum Gasteiger partial charge on any atom is 0.264 e. The molecule has 0 spiro atoms. The normalized spacial score (nSPS) is 15.4. The number of sulfonamides is 1. The van der Waals surface area contributed by atoms with Crippen LogP contribution in [0.15, 0.2) is 71.6 Å². The molecule has 7 nitrogen and oxygen atoms in total. The standard InChI is InChI=1S/C25H26N2O5S/c1-17-7-6-8-18(2)25(17)31-16-24(28)26-20-11-13-21(14-12-20)33(29,30)27-15-19(3)32-23-10-5-4-9-22(23)27/h4-14,19H,15-16H2,1-3H3,(H,26,28)/t19-/m0/s1. The lowest BCUT2D eigenvalue weighted by molar-refractivity contribution is -0.118. The Morgan fingerprint density at radius 2 is 1.70 bits per heavy atom. The molecule has 1 aliphatic heterocycles. The average Bonchev–Trinajstić information content (AvgIpc) is 2.78. The SMILES string of the molecule is Cc1cccc(C)c1OCC(=O)Nc1ccc(S(=O)(=O)N2C[C@H](C)Oc3ccccc32)cc1. The zero-order chi connectivity index (χ0) is 23.6. The van der Waals surface area contributed by atoms with Gasteiger partial charge in [-0.3, -0.25) is 9.10 Å². The van der Waals surface area contributed by atoms with Crippen molar-refractivity contribution >= 4 is 27.3 Å². The summed E-state index contributed by atoms with van der Waals surface area (Å²) in [5.41, 5.74) is 2.91. The molecular weight excluding hydrogens is 440 g/mol. The van der Waals surface area contributed by atoms with Gasteiger partial charge in [-0.1, -0.05) is 30.3 Å². The van der Waals surface area contributed by atoms with Crippen LogP contribution in [0, 0.1) is 13.8 Å². The lowest BCUT2D eigenvalue weighted by Gasteiger charge is -2.34.